The van der Waals surface area contributed by atoms with E-state index in [1.807, 2.05) is 36.4 Å². The van der Waals surface area contributed by atoms with E-state index in [-0.39, 0.29) is 37.3 Å². The zero-order chi connectivity index (χ0) is 31.6. The third-order valence-electron chi connectivity index (χ3n) is 5.83. The Morgan fingerprint density at radius 3 is 2.33 bits per heavy atom. The van der Waals surface area contributed by atoms with E-state index in [1.165, 1.54) is 22.3 Å². The Morgan fingerprint density at radius 1 is 1.05 bits per heavy atom. The van der Waals surface area contributed by atoms with E-state index < -0.39 is 52.4 Å². The molecule has 14 nitrogen and oxygen atoms in total. The van der Waals surface area contributed by atoms with Gasteiger partial charge in [0, 0.05) is 0 Å². The molecule has 0 radical (unpaired) electrons. The summed E-state index contributed by atoms with van der Waals surface area (Å²) in [4.78, 5) is 46.7. The number of aromatic nitrogens is 2. The fraction of sp³-hybridized carbons (Fsp3) is 0.269. The van der Waals surface area contributed by atoms with Gasteiger partial charge in [-0.15, -0.1) is 0 Å². The average Bonchev–Trinajstić information content (AvgIpc) is 3.40. The van der Waals surface area contributed by atoms with Gasteiger partial charge in [0.2, 0.25) is 0 Å². The minimum absolute atomic E-state index is 0.0246. The molecule has 1 heterocycles. The Labute approximate surface area is 256 Å². The second kappa shape index (κ2) is 15.7. The van der Waals surface area contributed by atoms with Gasteiger partial charge in [-0.1, -0.05) is 0 Å². The molecule has 2 atom stereocenters. The first-order chi connectivity index (χ1) is 20.3. The summed E-state index contributed by atoms with van der Waals surface area (Å²) >= 11 is -0.160. The van der Waals surface area contributed by atoms with Crippen LogP contribution in [0, 0.1) is 0 Å². The maximum absolute atomic E-state index is 12.6. The molecule has 0 fully saturated rings. The summed E-state index contributed by atoms with van der Waals surface area (Å²) in [5.41, 5.74) is 8.46. The third-order valence-corrected chi connectivity index (χ3v) is 10.8. The summed E-state index contributed by atoms with van der Waals surface area (Å²) in [5, 5.41) is 33.0. The number of nitrogens with two attached hydrogens (primary N) is 2. The van der Waals surface area contributed by atoms with E-state index in [1.54, 1.807) is 16.8 Å². The molecule has 2 unspecified atom stereocenters. The van der Waals surface area contributed by atoms with Crippen molar-refractivity contribution in [2.45, 2.75) is 35.1 Å². The first-order valence-corrected chi connectivity index (χ1v) is 18.4. The van der Waals surface area contributed by atoms with Crippen molar-refractivity contribution in [3.63, 3.8) is 0 Å². The molecule has 2 amide bonds. The van der Waals surface area contributed by atoms with Crippen molar-refractivity contribution in [1.82, 2.24) is 20.4 Å². The molecule has 3 rings (SSSR count). The van der Waals surface area contributed by atoms with Crippen molar-refractivity contribution >= 4 is 57.8 Å². The number of aliphatic carboxylic acids is 2. The van der Waals surface area contributed by atoms with Crippen molar-refractivity contribution in [2.24, 2.45) is 10.9 Å². The molecule has 43 heavy (non-hydrogen) atoms. The quantitative estimate of drug-likeness (QED) is 0.0855. The van der Waals surface area contributed by atoms with Gasteiger partial charge in [-0.3, -0.25) is 0 Å². The molecular weight excluding hydrogens is 667 g/mol. The van der Waals surface area contributed by atoms with Crippen LogP contribution in [0.2, 0.25) is 0 Å². The van der Waals surface area contributed by atoms with Crippen LogP contribution in [-0.2, 0) is 34.5 Å². The standard InChI is InChI=1S/C26H30N6O8S2Se/c27-20(26(37)38)10-11-23(33)30-21(25(36)29-13-24(34)35)14-41-43-15-17-12-22(16-4-2-1-3-5-16)32(31-17)18-6-8-19(9-7-18)42(28,39)40/h1-9,12,20-21H,10-11,13-15,27H2,(H,29,36)(H,30,33)(H,34,35)(H,37,38)(H2,28,39,40). The van der Waals surface area contributed by atoms with Crippen LogP contribution in [0.4, 0.5) is 0 Å². The molecule has 0 spiro atoms. The number of hydrogen-bond acceptors (Lipinski definition) is 9. The number of amides is 2. The van der Waals surface area contributed by atoms with Gasteiger partial charge in [-0.2, -0.15) is 0 Å². The SMILES string of the molecule is NC(CCC(=O)NC(CS[Se]Cc1cc(-c2ccccc2)n(-c2ccc(S(N)(=O)=O)cc2)n1)C(=O)NCC(=O)O)C(=O)O. The second-order valence-corrected chi connectivity index (χ2v) is 15.0. The first-order valence-electron chi connectivity index (χ1n) is 12.6. The summed E-state index contributed by atoms with van der Waals surface area (Å²) < 4.78 is 25.0. The zero-order valence-electron chi connectivity index (χ0n) is 22.6. The number of nitrogens with one attached hydrogen (secondary N) is 2. The van der Waals surface area contributed by atoms with E-state index in [2.05, 4.69) is 10.6 Å². The normalized spacial score (nSPS) is 12.7. The van der Waals surface area contributed by atoms with Crippen LogP contribution >= 0.6 is 10.2 Å². The number of carboxylic acid groups (broad SMARTS) is 2. The minimum atomic E-state index is -3.86. The second-order valence-electron chi connectivity index (χ2n) is 9.10. The molecular formula is C26H30N6O8S2Se. The van der Waals surface area contributed by atoms with Crippen molar-refractivity contribution in [3.05, 3.63) is 66.4 Å². The molecule has 0 saturated carbocycles. The molecule has 3 aromatic rings. The predicted molar refractivity (Wildman–Crippen MR) is 160 cm³/mol. The summed E-state index contributed by atoms with van der Waals surface area (Å²) in [6.07, 6.45) is -0.344. The van der Waals surface area contributed by atoms with Crippen LogP contribution in [0.5, 0.6) is 0 Å². The summed E-state index contributed by atoms with van der Waals surface area (Å²) in [6.45, 7) is -0.622. The Kier molecular flexibility index (Phi) is 12.3. The van der Waals surface area contributed by atoms with Crippen molar-refractivity contribution in [2.75, 3.05) is 12.3 Å². The first kappa shape index (κ1) is 33.8. The summed E-state index contributed by atoms with van der Waals surface area (Å²) in [5.74, 6) is -3.61. The summed E-state index contributed by atoms with van der Waals surface area (Å²) in [7, 11) is -2.46. The number of hydrogen-bond donors (Lipinski definition) is 6. The van der Waals surface area contributed by atoms with Gasteiger partial charge in [0.1, 0.15) is 0 Å². The van der Waals surface area contributed by atoms with E-state index >= 15 is 0 Å². The average molecular weight is 698 g/mol. The van der Waals surface area contributed by atoms with Gasteiger partial charge < -0.3 is 0 Å². The van der Waals surface area contributed by atoms with Crippen LogP contribution in [0.15, 0.2) is 65.6 Å². The van der Waals surface area contributed by atoms with E-state index in [0.717, 1.165) is 17.0 Å². The van der Waals surface area contributed by atoms with Gasteiger partial charge in [-0.25, -0.2) is 0 Å². The topological polar surface area (TPSA) is 237 Å². The van der Waals surface area contributed by atoms with Gasteiger partial charge in [-0.05, 0) is 0 Å². The van der Waals surface area contributed by atoms with Gasteiger partial charge in [0.25, 0.3) is 0 Å². The number of primary sulfonamides is 1. The van der Waals surface area contributed by atoms with Crippen molar-refractivity contribution in [1.29, 1.82) is 0 Å². The number of nitrogens with zero attached hydrogens (tertiary/aromatic N) is 2. The van der Waals surface area contributed by atoms with Gasteiger partial charge >= 0.3 is 258 Å². The van der Waals surface area contributed by atoms with E-state index in [9.17, 15) is 27.6 Å². The molecule has 0 aliphatic carbocycles. The monoisotopic (exact) mass is 698 g/mol. The molecule has 0 bridgehead atoms. The molecule has 0 aliphatic heterocycles. The molecule has 8 N–H and O–H groups in total. The van der Waals surface area contributed by atoms with Gasteiger partial charge in [0.15, 0.2) is 0 Å². The Morgan fingerprint density at radius 2 is 1.72 bits per heavy atom. The molecule has 230 valence electrons. The number of sulfonamides is 1. The Hall–Kier alpha value is -3.73. The van der Waals surface area contributed by atoms with E-state index in [4.69, 9.17) is 26.2 Å². The van der Waals surface area contributed by atoms with Crippen LogP contribution in [0.3, 0.4) is 0 Å². The summed E-state index contributed by atoms with van der Waals surface area (Å²) in [6, 6.07) is 15.1. The molecule has 0 aliphatic rings. The Balaban J connectivity index is 1.70. The predicted octanol–water partition coefficient (Wildman–Crippen LogP) is -0.0832. The number of carbonyl (C=O) groups excluding carboxylic acids is 2. The van der Waals surface area contributed by atoms with Crippen LogP contribution in [0.25, 0.3) is 16.9 Å². The number of carboxylic acids is 2. The van der Waals surface area contributed by atoms with Crippen LogP contribution in [0.1, 0.15) is 18.5 Å². The van der Waals surface area contributed by atoms with Gasteiger partial charge in [0.05, 0.1) is 0 Å². The molecule has 2 aromatic carbocycles. The van der Waals surface area contributed by atoms with Crippen LogP contribution < -0.4 is 21.5 Å². The number of rotatable bonds is 16. The van der Waals surface area contributed by atoms with Crippen molar-refractivity contribution in [3.8, 4) is 16.9 Å². The Bertz CT molecular complexity index is 1550. The number of benzene rings is 2. The van der Waals surface area contributed by atoms with Crippen molar-refractivity contribution < 1.29 is 37.8 Å². The number of carbonyl (C=O) groups is 4. The molecule has 17 heteroatoms. The molecule has 1 aromatic heterocycles. The van der Waals surface area contributed by atoms with E-state index in [0.29, 0.717) is 11.0 Å². The zero-order valence-corrected chi connectivity index (χ0v) is 25.9. The fourth-order valence-corrected chi connectivity index (χ4v) is 7.88. The third kappa shape index (κ3) is 10.5. The maximum atomic E-state index is 12.6. The molecule has 0 saturated heterocycles. The fourth-order valence-electron chi connectivity index (χ4n) is 3.65. The van der Waals surface area contributed by atoms with Crippen LogP contribution in [-0.4, -0.2) is 90.4 Å².